The molecule has 1 saturated heterocycles. The molecule has 1 unspecified atom stereocenters. The van der Waals surface area contributed by atoms with E-state index in [4.69, 9.17) is 4.74 Å². The summed E-state index contributed by atoms with van der Waals surface area (Å²) in [6.07, 6.45) is 4.03. The molecule has 0 radical (unpaired) electrons. The molecule has 1 aliphatic carbocycles. The molecule has 14 heavy (non-hydrogen) atoms. The Morgan fingerprint density at radius 2 is 2.00 bits per heavy atom. The first-order valence-electron chi connectivity index (χ1n) is 5.81. The van der Waals surface area contributed by atoms with Gasteiger partial charge in [0.05, 0.1) is 13.2 Å². The third-order valence-electron chi connectivity index (χ3n) is 3.64. The van der Waals surface area contributed by atoms with Gasteiger partial charge in [0.15, 0.2) is 0 Å². The van der Waals surface area contributed by atoms with Crippen LogP contribution in [0.25, 0.3) is 0 Å². The lowest BCUT2D eigenvalue weighted by atomic mass is 9.87. The number of hydrogen-bond acceptors (Lipinski definition) is 2. The fourth-order valence-corrected chi connectivity index (χ4v) is 2.51. The molecule has 0 N–H and O–H groups in total. The Kier molecular flexibility index (Phi) is 3.12. The van der Waals surface area contributed by atoms with Gasteiger partial charge >= 0.3 is 0 Å². The van der Waals surface area contributed by atoms with E-state index >= 15 is 0 Å². The van der Waals surface area contributed by atoms with Gasteiger partial charge in [-0.25, -0.2) is 0 Å². The number of hydrogen-bond donors (Lipinski definition) is 0. The van der Waals surface area contributed by atoms with Gasteiger partial charge in [0, 0.05) is 18.8 Å². The van der Waals surface area contributed by atoms with Crippen LogP contribution in [0.15, 0.2) is 11.3 Å². The smallest absolute Gasteiger partial charge is 0.0642 e. The molecule has 0 aromatic heterocycles. The minimum Gasteiger partial charge on any atom is -0.378 e. The first-order valence-corrected chi connectivity index (χ1v) is 5.81. The maximum absolute atomic E-state index is 5.39. The van der Waals surface area contributed by atoms with Crippen LogP contribution in [-0.2, 0) is 4.74 Å². The van der Waals surface area contributed by atoms with Gasteiger partial charge in [-0.15, -0.1) is 0 Å². The molecule has 2 aliphatic rings. The van der Waals surface area contributed by atoms with Crippen molar-refractivity contribution >= 4 is 0 Å². The van der Waals surface area contributed by atoms with Gasteiger partial charge in [-0.2, -0.15) is 0 Å². The largest absolute Gasteiger partial charge is 0.378 e. The van der Waals surface area contributed by atoms with Crippen LogP contribution in [0.4, 0.5) is 0 Å². The van der Waals surface area contributed by atoms with E-state index in [2.05, 4.69) is 18.7 Å². The van der Waals surface area contributed by atoms with E-state index in [0.29, 0.717) is 0 Å². The van der Waals surface area contributed by atoms with Crippen molar-refractivity contribution in [2.75, 3.05) is 26.3 Å². The highest BCUT2D eigenvalue weighted by Crippen LogP contribution is 2.31. The van der Waals surface area contributed by atoms with Crippen LogP contribution >= 0.6 is 0 Å². The van der Waals surface area contributed by atoms with E-state index in [1.165, 1.54) is 19.3 Å². The van der Waals surface area contributed by atoms with E-state index < -0.39 is 0 Å². The normalized spacial score (nSPS) is 29.6. The van der Waals surface area contributed by atoms with Crippen molar-refractivity contribution in [3.05, 3.63) is 11.3 Å². The van der Waals surface area contributed by atoms with Crippen molar-refractivity contribution in [3.8, 4) is 0 Å². The fraction of sp³-hybridized carbons (Fsp3) is 0.833. The summed E-state index contributed by atoms with van der Waals surface area (Å²) in [5.41, 5.74) is 3.24. The average molecular weight is 195 g/mol. The molecule has 0 saturated carbocycles. The zero-order chi connectivity index (χ0) is 9.97. The summed E-state index contributed by atoms with van der Waals surface area (Å²) in [5.74, 6) is 0.793. The van der Waals surface area contributed by atoms with Crippen LogP contribution in [0.2, 0.25) is 0 Å². The zero-order valence-corrected chi connectivity index (χ0v) is 9.38. The quantitative estimate of drug-likeness (QED) is 0.637. The molecule has 0 aromatic carbocycles. The van der Waals surface area contributed by atoms with E-state index in [1.54, 1.807) is 11.3 Å². The molecule has 0 aromatic rings. The molecule has 0 spiro atoms. The number of nitrogens with zero attached hydrogens (tertiary/aromatic N) is 1. The fourth-order valence-electron chi connectivity index (χ4n) is 2.51. The second-order valence-electron chi connectivity index (χ2n) is 4.52. The molecule has 2 nitrogen and oxygen atoms in total. The van der Waals surface area contributed by atoms with Gasteiger partial charge in [-0.1, -0.05) is 12.5 Å². The summed E-state index contributed by atoms with van der Waals surface area (Å²) in [7, 11) is 0. The van der Waals surface area contributed by atoms with E-state index in [9.17, 15) is 0 Å². The number of allylic oxidation sites excluding steroid dienone is 2. The third kappa shape index (κ3) is 1.95. The maximum Gasteiger partial charge on any atom is 0.0642 e. The molecule has 2 heteroatoms. The summed E-state index contributed by atoms with van der Waals surface area (Å²) < 4.78 is 5.39. The second kappa shape index (κ2) is 4.35. The second-order valence-corrected chi connectivity index (χ2v) is 4.52. The summed E-state index contributed by atoms with van der Waals surface area (Å²) in [6, 6.07) is 0. The summed E-state index contributed by atoms with van der Waals surface area (Å²) in [6.45, 7) is 8.68. The van der Waals surface area contributed by atoms with Crippen LogP contribution in [-0.4, -0.2) is 31.2 Å². The molecule has 1 heterocycles. The number of ether oxygens (including phenoxy) is 1. The van der Waals surface area contributed by atoms with Gasteiger partial charge in [0.25, 0.3) is 0 Å². The Hall–Kier alpha value is -0.500. The molecular formula is C12H21NO. The van der Waals surface area contributed by atoms with Gasteiger partial charge in [0.1, 0.15) is 0 Å². The van der Waals surface area contributed by atoms with Crippen LogP contribution in [0.1, 0.15) is 33.1 Å². The first kappa shape index (κ1) is 10.0. The lowest BCUT2D eigenvalue weighted by Gasteiger charge is -2.36. The van der Waals surface area contributed by atoms with Crippen molar-refractivity contribution in [3.63, 3.8) is 0 Å². The van der Waals surface area contributed by atoms with Gasteiger partial charge < -0.3 is 9.64 Å². The highest BCUT2D eigenvalue weighted by atomic mass is 16.5. The Labute approximate surface area is 86.9 Å². The van der Waals surface area contributed by atoms with Crippen molar-refractivity contribution in [1.29, 1.82) is 0 Å². The molecule has 0 amide bonds. The van der Waals surface area contributed by atoms with Gasteiger partial charge in [0.2, 0.25) is 0 Å². The van der Waals surface area contributed by atoms with Crippen LogP contribution in [0.3, 0.4) is 0 Å². The van der Waals surface area contributed by atoms with Gasteiger partial charge in [-0.05, 0) is 32.1 Å². The molecular weight excluding hydrogens is 174 g/mol. The maximum atomic E-state index is 5.39. The minimum atomic E-state index is 0.793. The lowest BCUT2D eigenvalue weighted by Crippen LogP contribution is -2.37. The Balaban J connectivity index is 2.10. The van der Waals surface area contributed by atoms with Crippen LogP contribution in [0.5, 0.6) is 0 Å². The topological polar surface area (TPSA) is 12.5 Å². The Morgan fingerprint density at radius 1 is 1.29 bits per heavy atom. The summed E-state index contributed by atoms with van der Waals surface area (Å²) in [4.78, 5) is 2.54. The lowest BCUT2D eigenvalue weighted by molar-refractivity contribution is 0.0501. The highest BCUT2D eigenvalue weighted by Gasteiger charge is 2.21. The molecule has 1 aliphatic heterocycles. The standard InChI is InChI=1S/C12H21NO/c1-10-4-3-5-12(11(10)2)13-6-8-14-9-7-13/h10H,3-9H2,1-2H3. The highest BCUT2D eigenvalue weighted by molar-refractivity contribution is 5.17. The number of rotatable bonds is 1. The SMILES string of the molecule is CC1=C(N2CCOCC2)CCCC1C. The molecule has 1 fully saturated rings. The first-order chi connectivity index (χ1) is 6.79. The molecule has 0 bridgehead atoms. The van der Waals surface area contributed by atoms with Crippen molar-refractivity contribution in [2.45, 2.75) is 33.1 Å². The minimum absolute atomic E-state index is 0.793. The van der Waals surface area contributed by atoms with Crippen LogP contribution in [0, 0.1) is 5.92 Å². The van der Waals surface area contributed by atoms with E-state index in [1.807, 2.05) is 0 Å². The van der Waals surface area contributed by atoms with Crippen LogP contribution < -0.4 is 0 Å². The molecule has 1 atom stereocenters. The monoisotopic (exact) mass is 195 g/mol. The molecule has 2 rings (SSSR count). The predicted octanol–water partition coefficient (Wildman–Crippen LogP) is 2.41. The Morgan fingerprint density at radius 3 is 2.71 bits per heavy atom. The van der Waals surface area contributed by atoms with Crippen molar-refractivity contribution in [2.24, 2.45) is 5.92 Å². The average Bonchev–Trinajstić information content (AvgIpc) is 2.23. The summed E-state index contributed by atoms with van der Waals surface area (Å²) in [5, 5.41) is 0. The Bertz CT molecular complexity index is 228. The third-order valence-corrected chi connectivity index (χ3v) is 3.64. The van der Waals surface area contributed by atoms with Crippen molar-refractivity contribution in [1.82, 2.24) is 4.90 Å². The molecule has 80 valence electrons. The number of morpholine rings is 1. The van der Waals surface area contributed by atoms with Gasteiger partial charge in [-0.3, -0.25) is 0 Å². The zero-order valence-electron chi connectivity index (χ0n) is 9.38. The summed E-state index contributed by atoms with van der Waals surface area (Å²) >= 11 is 0. The van der Waals surface area contributed by atoms with E-state index in [-0.39, 0.29) is 0 Å². The van der Waals surface area contributed by atoms with E-state index in [0.717, 1.165) is 32.2 Å². The predicted molar refractivity (Wildman–Crippen MR) is 58.1 cm³/mol. The van der Waals surface area contributed by atoms with Crippen molar-refractivity contribution < 1.29 is 4.74 Å².